The Bertz CT molecular complexity index is 1180. The third-order valence-corrected chi connectivity index (χ3v) is 6.92. The van der Waals surface area contributed by atoms with Crippen molar-refractivity contribution in [3.63, 3.8) is 0 Å². The summed E-state index contributed by atoms with van der Waals surface area (Å²) < 4.78 is 27.6. The molecule has 2 fully saturated rings. The van der Waals surface area contributed by atoms with Crippen LogP contribution in [0.3, 0.4) is 0 Å². The molecular formula is C27H29F2N3O. The fraction of sp³-hybridized carbons (Fsp3) is 0.370. The average Bonchev–Trinajstić information content (AvgIpc) is 3.66. The summed E-state index contributed by atoms with van der Waals surface area (Å²) in [5.74, 6) is -1.47. The van der Waals surface area contributed by atoms with Gasteiger partial charge in [-0.2, -0.15) is 0 Å². The van der Waals surface area contributed by atoms with Gasteiger partial charge in [0.1, 0.15) is 11.6 Å². The number of aryl methyl sites for hydroxylation is 1. The van der Waals surface area contributed by atoms with E-state index in [1.807, 2.05) is 17.0 Å². The van der Waals surface area contributed by atoms with Crippen LogP contribution in [0.5, 0.6) is 0 Å². The van der Waals surface area contributed by atoms with Crippen LogP contribution < -0.4 is 10.6 Å². The minimum Gasteiger partial charge on any atom is -0.379 e. The molecule has 2 unspecified atom stereocenters. The first-order chi connectivity index (χ1) is 16.0. The summed E-state index contributed by atoms with van der Waals surface area (Å²) in [7, 11) is 0. The number of rotatable bonds is 6. The third-order valence-electron chi connectivity index (χ3n) is 6.92. The largest absolute Gasteiger partial charge is 0.379 e. The number of carbonyl (C=O) groups excluding carboxylic acids is 1. The third kappa shape index (κ3) is 4.58. The topological polar surface area (TPSA) is 44.4 Å². The predicted molar refractivity (Wildman–Crippen MR) is 127 cm³/mol. The molecule has 2 atom stereocenters. The van der Waals surface area contributed by atoms with Gasteiger partial charge in [-0.15, -0.1) is 0 Å². The smallest absolute Gasteiger partial charge is 0.229 e. The van der Waals surface area contributed by atoms with E-state index in [1.165, 1.54) is 28.5 Å². The number of fused-ring (bicyclic) bond motifs is 1. The first-order valence-corrected chi connectivity index (χ1v) is 11.7. The van der Waals surface area contributed by atoms with Crippen LogP contribution >= 0.6 is 0 Å². The summed E-state index contributed by atoms with van der Waals surface area (Å²) in [4.78, 5) is 15.8. The fourth-order valence-corrected chi connectivity index (χ4v) is 4.92. The molecule has 1 heterocycles. The monoisotopic (exact) mass is 449 g/mol. The van der Waals surface area contributed by atoms with Gasteiger partial charge in [-0.1, -0.05) is 36.4 Å². The fourth-order valence-electron chi connectivity index (χ4n) is 4.92. The van der Waals surface area contributed by atoms with Gasteiger partial charge < -0.3 is 15.5 Å². The van der Waals surface area contributed by atoms with Crippen molar-refractivity contribution >= 4 is 22.4 Å². The molecule has 6 heteroatoms. The Labute approximate surface area is 193 Å². The zero-order chi connectivity index (χ0) is 22.9. The lowest BCUT2D eigenvalue weighted by Gasteiger charge is -2.36. The molecule has 33 heavy (non-hydrogen) atoms. The quantitative estimate of drug-likeness (QED) is 0.556. The van der Waals surface area contributed by atoms with Crippen molar-refractivity contribution in [1.82, 2.24) is 10.2 Å². The van der Waals surface area contributed by atoms with Crippen molar-refractivity contribution in [3.05, 3.63) is 77.4 Å². The molecule has 1 saturated carbocycles. The second-order valence-corrected chi connectivity index (χ2v) is 9.26. The molecule has 3 aromatic rings. The number of piperidine rings is 1. The molecule has 1 aliphatic carbocycles. The molecule has 2 N–H and O–H groups in total. The summed E-state index contributed by atoms with van der Waals surface area (Å²) in [6.07, 6.45) is 2.72. The highest BCUT2D eigenvalue weighted by molar-refractivity contribution is 5.89. The molecule has 3 aromatic carbocycles. The molecular weight excluding hydrogens is 420 g/mol. The lowest BCUT2D eigenvalue weighted by molar-refractivity contribution is -0.137. The number of hydrogen-bond acceptors (Lipinski definition) is 3. The number of amides is 1. The van der Waals surface area contributed by atoms with Crippen molar-refractivity contribution in [2.24, 2.45) is 5.92 Å². The molecule has 0 radical (unpaired) electrons. The Balaban J connectivity index is 1.40. The van der Waals surface area contributed by atoms with Crippen LogP contribution in [-0.2, 0) is 11.3 Å². The number of nitrogens with zero attached hydrogens (tertiary/aromatic N) is 1. The SMILES string of the molecule is Cc1ccc(CN(C(=O)C2CNCCC2Nc2ccc(F)cc2F)C2CC2)c2ccccc12. The van der Waals surface area contributed by atoms with Gasteiger partial charge in [-0.25, -0.2) is 8.78 Å². The van der Waals surface area contributed by atoms with Gasteiger partial charge in [-0.05, 0) is 66.8 Å². The van der Waals surface area contributed by atoms with Crippen LogP contribution in [0, 0.1) is 24.5 Å². The van der Waals surface area contributed by atoms with E-state index in [1.54, 1.807) is 0 Å². The highest BCUT2D eigenvalue weighted by Crippen LogP contribution is 2.33. The predicted octanol–water partition coefficient (Wildman–Crippen LogP) is 5.01. The van der Waals surface area contributed by atoms with E-state index >= 15 is 0 Å². The first-order valence-electron chi connectivity index (χ1n) is 11.7. The first kappa shape index (κ1) is 21.8. The van der Waals surface area contributed by atoms with Gasteiger partial charge >= 0.3 is 0 Å². The summed E-state index contributed by atoms with van der Waals surface area (Å²) in [5.41, 5.74) is 2.61. The minimum absolute atomic E-state index is 0.0920. The summed E-state index contributed by atoms with van der Waals surface area (Å²) in [5, 5.41) is 8.92. The maximum absolute atomic E-state index is 14.3. The van der Waals surface area contributed by atoms with Crippen LogP contribution in [0.1, 0.15) is 30.4 Å². The molecule has 4 nitrogen and oxygen atoms in total. The van der Waals surface area contributed by atoms with Gasteiger partial charge in [-0.3, -0.25) is 4.79 Å². The Hall–Kier alpha value is -2.99. The molecule has 0 aromatic heterocycles. The molecule has 1 amide bonds. The van der Waals surface area contributed by atoms with Gasteiger partial charge in [0, 0.05) is 31.2 Å². The highest BCUT2D eigenvalue weighted by atomic mass is 19.1. The van der Waals surface area contributed by atoms with E-state index in [0.29, 0.717) is 19.5 Å². The van der Waals surface area contributed by atoms with Crippen LogP contribution in [0.2, 0.25) is 0 Å². The van der Waals surface area contributed by atoms with Gasteiger partial charge in [0.05, 0.1) is 11.6 Å². The van der Waals surface area contributed by atoms with Crippen LogP contribution in [0.25, 0.3) is 10.8 Å². The Morgan fingerprint density at radius 1 is 1.06 bits per heavy atom. The Morgan fingerprint density at radius 3 is 2.61 bits per heavy atom. The van der Waals surface area contributed by atoms with Crippen molar-refractivity contribution in [2.45, 2.75) is 44.8 Å². The second kappa shape index (κ2) is 9.10. The van der Waals surface area contributed by atoms with Crippen LogP contribution in [0.15, 0.2) is 54.6 Å². The zero-order valence-corrected chi connectivity index (χ0v) is 18.8. The van der Waals surface area contributed by atoms with E-state index in [-0.39, 0.29) is 29.6 Å². The average molecular weight is 450 g/mol. The minimum atomic E-state index is -0.634. The van der Waals surface area contributed by atoms with Crippen molar-refractivity contribution < 1.29 is 13.6 Å². The van der Waals surface area contributed by atoms with Gasteiger partial charge in [0.25, 0.3) is 0 Å². The van der Waals surface area contributed by atoms with Crippen molar-refractivity contribution in [1.29, 1.82) is 0 Å². The zero-order valence-electron chi connectivity index (χ0n) is 18.8. The number of benzene rings is 3. The maximum Gasteiger partial charge on any atom is 0.229 e. The summed E-state index contributed by atoms with van der Waals surface area (Å²) in [6.45, 7) is 3.96. The van der Waals surface area contributed by atoms with E-state index in [0.717, 1.165) is 31.0 Å². The van der Waals surface area contributed by atoms with Crippen LogP contribution in [-0.4, -0.2) is 36.0 Å². The standard InChI is InChI=1S/C27H29F2N3O/c1-17-6-7-18(22-5-3-2-4-21(17)22)16-32(20-9-10-20)27(33)23-15-30-13-12-25(23)31-26-11-8-19(28)14-24(26)29/h2-8,11,14,20,23,25,30-31H,9-10,12-13,15-16H2,1H3. The maximum atomic E-state index is 14.3. The Morgan fingerprint density at radius 2 is 1.85 bits per heavy atom. The molecule has 1 saturated heterocycles. The van der Waals surface area contributed by atoms with E-state index in [2.05, 4.69) is 41.8 Å². The Kier molecular flexibility index (Phi) is 6.02. The molecule has 2 aliphatic rings. The number of nitrogens with one attached hydrogen (secondary N) is 2. The molecule has 1 aliphatic heterocycles. The van der Waals surface area contributed by atoms with Crippen molar-refractivity contribution in [2.75, 3.05) is 18.4 Å². The van der Waals surface area contributed by atoms with E-state index in [4.69, 9.17) is 0 Å². The summed E-state index contributed by atoms with van der Waals surface area (Å²) in [6, 6.07) is 16.1. The van der Waals surface area contributed by atoms with Gasteiger partial charge in [0.2, 0.25) is 5.91 Å². The normalized spacial score (nSPS) is 20.6. The summed E-state index contributed by atoms with van der Waals surface area (Å²) >= 11 is 0. The molecule has 0 spiro atoms. The lowest BCUT2D eigenvalue weighted by Crippen LogP contribution is -2.52. The van der Waals surface area contributed by atoms with Gasteiger partial charge in [0.15, 0.2) is 0 Å². The number of anilines is 1. The van der Waals surface area contributed by atoms with E-state index < -0.39 is 11.6 Å². The number of carbonyl (C=O) groups is 1. The molecule has 0 bridgehead atoms. The lowest BCUT2D eigenvalue weighted by atomic mass is 9.91. The number of halogens is 2. The number of hydrogen-bond donors (Lipinski definition) is 2. The highest BCUT2D eigenvalue weighted by Gasteiger charge is 2.40. The second-order valence-electron chi connectivity index (χ2n) is 9.26. The van der Waals surface area contributed by atoms with Crippen molar-refractivity contribution in [3.8, 4) is 0 Å². The molecule has 172 valence electrons. The molecule has 5 rings (SSSR count). The van der Waals surface area contributed by atoms with Crippen LogP contribution in [0.4, 0.5) is 14.5 Å². The van der Waals surface area contributed by atoms with E-state index in [9.17, 15) is 13.6 Å².